The highest BCUT2D eigenvalue weighted by Gasteiger charge is 2.15. The number of aromatic nitrogens is 2. The molecule has 0 aliphatic carbocycles. The molecule has 0 aliphatic rings. The van der Waals surface area contributed by atoms with Crippen molar-refractivity contribution < 1.29 is 4.92 Å². The molecule has 0 atom stereocenters. The van der Waals surface area contributed by atoms with E-state index in [-0.39, 0.29) is 18.1 Å². The predicted octanol–water partition coefficient (Wildman–Crippen LogP) is 1.68. The lowest BCUT2D eigenvalue weighted by Crippen LogP contribution is -1.90. The summed E-state index contributed by atoms with van der Waals surface area (Å²) >= 11 is 0. The Morgan fingerprint density at radius 2 is 2.50 bits per heavy atom. The Hall–Kier alpha value is -2.52. The van der Waals surface area contributed by atoms with Gasteiger partial charge in [-0.2, -0.15) is 4.98 Å². The Morgan fingerprint density at radius 1 is 1.75 bits per heavy atom. The van der Waals surface area contributed by atoms with Crippen LogP contribution in [0.3, 0.4) is 0 Å². The maximum atomic E-state index is 10.6. The van der Waals surface area contributed by atoms with Crippen molar-refractivity contribution in [2.24, 2.45) is 5.11 Å². The third-order valence-electron chi connectivity index (χ3n) is 1.59. The molecule has 0 aromatic carbocycles. The van der Waals surface area contributed by atoms with Crippen LogP contribution in [0.1, 0.15) is 17.9 Å². The van der Waals surface area contributed by atoms with Gasteiger partial charge in [-0.15, -0.1) is 0 Å². The zero-order chi connectivity index (χ0) is 12.0. The molecule has 0 saturated carbocycles. The summed E-state index contributed by atoms with van der Waals surface area (Å²) in [5.74, 6) is 5.42. The summed E-state index contributed by atoms with van der Waals surface area (Å²) < 4.78 is 0. The maximum Gasteiger partial charge on any atom is 0.356 e. The van der Waals surface area contributed by atoms with E-state index in [4.69, 9.17) is 5.53 Å². The van der Waals surface area contributed by atoms with Crippen LogP contribution in [0, 0.1) is 28.9 Å². The van der Waals surface area contributed by atoms with Crippen molar-refractivity contribution in [2.75, 3.05) is 6.54 Å². The quantitative estimate of drug-likeness (QED) is 0.158. The van der Waals surface area contributed by atoms with Crippen molar-refractivity contribution in [1.82, 2.24) is 9.97 Å². The number of rotatable bonds is 3. The van der Waals surface area contributed by atoms with Gasteiger partial charge in [-0.25, -0.2) is 4.98 Å². The zero-order valence-electron chi connectivity index (χ0n) is 8.47. The Bertz CT molecular complexity index is 502. The fourth-order valence-electron chi connectivity index (χ4n) is 0.995. The van der Waals surface area contributed by atoms with Crippen LogP contribution in [-0.4, -0.2) is 21.4 Å². The number of nitrogens with one attached hydrogen (secondary N) is 1. The normalized spacial score (nSPS) is 8.81. The van der Waals surface area contributed by atoms with E-state index in [2.05, 4.69) is 31.8 Å². The van der Waals surface area contributed by atoms with Crippen molar-refractivity contribution in [3.63, 3.8) is 0 Å². The third kappa shape index (κ3) is 3.01. The lowest BCUT2D eigenvalue weighted by Gasteiger charge is -1.88. The van der Waals surface area contributed by atoms with Crippen molar-refractivity contribution >= 4 is 5.82 Å². The van der Waals surface area contributed by atoms with Crippen LogP contribution in [0.2, 0.25) is 0 Å². The van der Waals surface area contributed by atoms with Gasteiger partial charge in [-0.3, -0.25) is 0 Å². The van der Waals surface area contributed by atoms with Gasteiger partial charge in [0.25, 0.3) is 0 Å². The summed E-state index contributed by atoms with van der Waals surface area (Å²) in [7, 11) is 0. The number of hydrogen-bond acceptors (Lipinski definition) is 4. The van der Waals surface area contributed by atoms with E-state index in [1.54, 1.807) is 6.92 Å². The molecule has 8 heteroatoms. The molecule has 0 radical (unpaired) electrons. The molecule has 0 fully saturated rings. The first kappa shape index (κ1) is 11.6. The summed E-state index contributed by atoms with van der Waals surface area (Å²) in [5.41, 5.74) is 8.11. The number of hydrogen-bond donors (Lipinski definition) is 1. The fraction of sp³-hybridized carbons (Fsp3) is 0.375. The van der Waals surface area contributed by atoms with Gasteiger partial charge >= 0.3 is 5.82 Å². The summed E-state index contributed by atoms with van der Waals surface area (Å²) in [4.78, 5) is 18.9. The topological polar surface area (TPSA) is 121 Å². The molecule has 1 aromatic rings. The van der Waals surface area contributed by atoms with Gasteiger partial charge in [0.15, 0.2) is 5.82 Å². The average molecular weight is 220 g/mol. The molecule has 0 spiro atoms. The van der Waals surface area contributed by atoms with Gasteiger partial charge in [0.05, 0.1) is 0 Å². The molecule has 0 bridgehead atoms. The van der Waals surface area contributed by atoms with Gasteiger partial charge in [-0.05, 0) is 16.4 Å². The minimum absolute atomic E-state index is 0.100. The van der Waals surface area contributed by atoms with E-state index in [0.717, 1.165) is 0 Å². The third-order valence-corrected chi connectivity index (χ3v) is 1.59. The van der Waals surface area contributed by atoms with E-state index < -0.39 is 4.92 Å². The SMILES string of the molecule is Cc1nc(C#CCCN=[N+]=[N-])c([N+](=O)[O-])[nH]1. The van der Waals surface area contributed by atoms with E-state index in [1.165, 1.54) is 0 Å². The number of H-pyrrole nitrogens is 1. The maximum absolute atomic E-state index is 10.6. The fourth-order valence-corrected chi connectivity index (χ4v) is 0.995. The molecular weight excluding hydrogens is 212 g/mol. The number of nitrogens with zero attached hydrogens (tertiary/aromatic N) is 5. The number of aryl methyl sites for hydroxylation is 1. The number of nitro groups is 1. The van der Waals surface area contributed by atoms with E-state index in [0.29, 0.717) is 12.2 Å². The molecule has 1 N–H and O–H groups in total. The van der Waals surface area contributed by atoms with Crippen LogP contribution in [-0.2, 0) is 0 Å². The Labute approximate surface area is 90.5 Å². The highest BCUT2D eigenvalue weighted by Crippen LogP contribution is 2.12. The molecule has 0 unspecified atom stereocenters. The second-order valence-corrected chi connectivity index (χ2v) is 2.78. The first-order valence-corrected chi connectivity index (χ1v) is 4.36. The van der Waals surface area contributed by atoms with E-state index in [9.17, 15) is 10.1 Å². The summed E-state index contributed by atoms with van der Waals surface area (Å²) in [6.45, 7) is 1.85. The standard InChI is InChI=1S/C8H8N6O2/c1-6-11-7(8(12-6)14(15)16)4-2-3-5-10-13-9/h3,5H2,1H3,(H,11,12). The van der Waals surface area contributed by atoms with Gasteiger partial charge in [-0.1, -0.05) is 11.0 Å². The van der Waals surface area contributed by atoms with Gasteiger partial charge < -0.3 is 10.1 Å². The molecule has 0 amide bonds. The lowest BCUT2D eigenvalue weighted by atomic mass is 10.4. The number of imidazole rings is 1. The molecule has 0 aliphatic heterocycles. The van der Waals surface area contributed by atoms with Crippen molar-refractivity contribution in [1.29, 1.82) is 0 Å². The van der Waals surface area contributed by atoms with Crippen molar-refractivity contribution in [3.8, 4) is 11.8 Å². The molecule has 1 heterocycles. The van der Waals surface area contributed by atoms with Crippen LogP contribution in [0.5, 0.6) is 0 Å². The van der Waals surface area contributed by atoms with Crippen LogP contribution >= 0.6 is 0 Å². The lowest BCUT2D eigenvalue weighted by molar-refractivity contribution is -0.389. The summed E-state index contributed by atoms with van der Waals surface area (Å²) in [6.07, 6.45) is 0.340. The second kappa shape index (κ2) is 5.38. The molecular formula is C8H8N6O2. The smallest absolute Gasteiger partial charge is 0.356 e. The van der Waals surface area contributed by atoms with E-state index >= 15 is 0 Å². The van der Waals surface area contributed by atoms with Gasteiger partial charge in [0, 0.05) is 24.8 Å². The predicted molar refractivity (Wildman–Crippen MR) is 55.5 cm³/mol. The highest BCUT2D eigenvalue weighted by atomic mass is 16.6. The van der Waals surface area contributed by atoms with Crippen LogP contribution in [0.25, 0.3) is 10.4 Å². The largest absolute Gasteiger partial charge is 0.358 e. The molecule has 0 saturated heterocycles. The minimum atomic E-state index is -0.572. The Kier molecular flexibility index (Phi) is 3.89. The molecule has 1 aromatic heterocycles. The number of azide groups is 1. The zero-order valence-corrected chi connectivity index (χ0v) is 8.47. The number of aromatic amines is 1. The molecule has 8 nitrogen and oxygen atoms in total. The molecule has 82 valence electrons. The molecule has 1 rings (SSSR count). The summed E-state index contributed by atoms with van der Waals surface area (Å²) in [5, 5.41) is 13.9. The van der Waals surface area contributed by atoms with Crippen LogP contribution < -0.4 is 0 Å². The van der Waals surface area contributed by atoms with Crippen molar-refractivity contribution in [2.45, 2.75) is 13.3 Å². The van der Waals surface area contributed by atoms with Crippen molar-refractivity contribution in [3.05, 3.63) is 32.1 Å². The summed E-state index contributed by atoms with van der Waals surface area (Å²) in [6, 6.07) is 0. The second-order valence-electron chi connectivity index (χ2n) is 2.78. The first-order chi connectivity index (χ1) is 7.65. The van der Waals surface area contributed by atoms with Gasteiger partial charge in [0.1, 0.15) is 0 Å². The molecule has 16 heavy (non-hydrogen) atoms. The monoisotopic (exact) mass is 220 g/mol. The first-order valence-electron chi connectivity index (χ1n) is 4.36. The van der Waals surface area contributed by atoms with E-state index in [1.807, 2.05) is 0 Å². The van der Waals surface area contributed by atoms with Crippen LogP contribution in [0.4, 0.5) is 5.82 Å². The van der Waals surface area contributed by atoms with Crippen LogP contribution in [0.15, 0.2) is 5.11 Å². The average Bonchev–Trinajstić information content (AvgIpc) is 2.59. The minimum Gasteiger partial charge on any atom is -0.358 e. The van der Waals surface area contributed by atoms with Gasteiger partial charge in [0.2, 0.25) is 5.69 Å². The highest BCUT2D eigenvalue weighted by molar-refractivity contribution is 5.41. The Morgan fingerprint density at radius 3 is 3.12 bits per heavy atom. The Balaban J connectivity index is 2.79.